The third kappa shape index (κ3) is 4.74. The van der Waals surface area contributed by atoms with Crippen LogP contribution in [-0.2, 0) is 24.7 Å². The number of carbonyl (C=O) groups excluding carboxylic acids is 1. The van der Waals surface area contributed by atoms with Crippen LogP contribution >= 0.6 is 0 Å². The number of halogens is 1. The number of nitrogens with one attached hydrogen (secondary N) is 2. The zero-order valence-electron chi connectivity index (χ0n) is 13.1. The van der Waals surface area contributed by atoms with Crippen molar-refractivity contribution >= 4 is 25.8 Å². The highest BCUT2D eigenvalue weighted by Crippen LogP contribution is 2.22. The Morgan fingerprint density at radius 1 is 1.33 bits per heavy atom. The lowest BCUT2D eigenvalue weighted by atomic mass is 10.0. The molecule has 1 amide bonds. The summed E-state index contributed by atoms with van der Waals surface area (Å²) in [6, 6.07) is 4.93. The molecule has 0 aliphatic carbocycles. The second-order valence-electron chi connectivity index (χ2n) is 6.03. The van der Waals surface area contributed by atoms with Gasteiger partial charge in [0.2, 0.25) is 15.9 Å². The van der Waals surface area contributed by atoms with Gasteiger partial charge in [-0.2, -0.15) is 0 Å². The first-order chi connectivity index (χ1) is 11.0. The Labute approximate surface area is 140 Å². The fourth-order valence-corrected chi connectivity index (χ4v) is 5.75. The van der Waals surface area contributed by atoms with Crippen molar-refractivity contribution in [1.82, 2.24) is 10.0 Å². The SMILES string of the molecule is C[C@]1(NC(=O)CCNS(=O)(=O)c2ccccc2F)CCS(=O)(=O)C1. The molecule has 1 aliphatic rings. The molecule has 10 heteroatoms. The number of hydrogen-bond donors (Lipinski definition) is 2. The first-order valence-corrected chi connectivity index (χ1v) is 10.6. The third-order valence-electron chi connectivity index (χ3n) is 3.71. The van der Waals surface area contributed by atoms with Crippen molar-refractivity contribution in [2.24, 2.45) is 0 Å². The van der Waals surface area contributed by atoms with Crippen molar-refractivity contribution in [3.63, 3.8) is 0 Å². The quantitative estimate of drug-likeness (QED) is 0.734. The second-order valence-corrected chi connectivity index (χ2v) is 9.95. The van der Waals surface area contributed by atoms with Crippen LogP contribution in [0.1, 0.15) is 19.8 Å². The lowest BCUT2D eigenvalue weighted by molar-refractivity contribution is -0.122. The minimum absolute atomic E-state index is 0.0176. The number of rotatable bonds is 6. The van der Waals surface area contributed by atoms with Crippen LogP contribution in [0.4, 0.5) is 4.39 Å². The fraction of sp³-hybridized carbons (Fsp3) is 0.500. The summed E-state index contributed by atoms with van der Waals surface area (Å²) in [4.78, 5) is 11.4. The molecule has 1 atom stereocenters. The van der Waals surface area contributed by atoms with E-state index in [1.165, 1.54) is 12.1 Å². The maximum atomic E-state index is 13.5. The summed E-state index contributed by atoms with van der Waals surface area (Å²) in [5.41, 5.74) is -0.833. The first kappa shape index (κ1) is 18.8. The monoisotopic (exact) mass is 378 g/mol. The molecule has 2 N–H and O–H groups in total. The molecule has 0 saturated carbocycles. The van der Waals surface area contributed by atoms with Crippen LogP contribution in [0.5, 0.6) is 0 Å². The lowest BCUT2D eigenvalue weighted by Crippen LogP contribution is -2.47. The largest absolute Gasteiger partial charge is 0.350 e. The van der Waals surface area contributed by atoms with Gasteiger partial charge in [0.1, 0.15) is 10.7 Å². The van der Waals surface area contributed by atoms with E-state index in [1.54, 1.807) is 6.92 Å². The average Bonchev–Trinajstić information content (AvgIpc) is 2.72. The number of hydrogen-bond acceptors (Lipinski definition) is 5. The summed E-state index contributed by atoms with van der Waals surface area (Å²) in [6.45, 7) is 1.42. The van der Waals surface area contributed by atoms with E-state index in [9.17, 15) is 26.0 Å². The molecular weight excluding hydrogens is 359 g/mol. The molecular formula is C14H19FN2O5S2. The average molecular weight is 378 g/mol. The summed E-state index contributed by atoms with van der Waals surface area (Å²) >= 11 is 0. The maximum absolute atomic E-state index is 13.5. The van der Waals surface area contributed by atoms with E-state index in [2.05, 4.69) is 10.0 Å². The number of sulfone groups is 1. The number of sulfonamides is 1. The molecule has 0 aromatic heterocycles. The van der Waals surface area contributed by atoms with Gasteiger partial charge in [-0.25, -0.2) is 25.9 Å². The summed E-state index contributed by atoms with van der Waals surface area (Å²) < 4.78 is 62.6. The molecule has 7 nitrogen and oxygen atoms in total. The number of carbonyl (C=O) groups is 1. The minimum atomic E-state index is -4.05. The van der Waals surface area contributed by atoms with E-state index in [0.717, 1.165) is 12.1 Å². The Kier molecular flexibility index (Phi) is 5.31. The van der Waals surface area contributed by atoms with Crippen LogP contribution in [0.2, 0.25) is 0 Å². The van der Waals surface area contributed by atoms with E-state index in [-0.39, 0.29) is 24.5 Å². The Morgan fingerprint density at radius 2 is 2.00 bits per heavy atom. The zero-order valence-corrected chi connectivity index (χ0v) is 14.7. The molecule has 1 fully saturated rings. The van der Waals surface area contributed by atoms with Gasteiger partial charge < -0.3 is 5.32 Å². The fourth-order valence-electron chi connectivity index (χ4n) is 2.55. The van der Waals surface area contributed by atoms with Crippen molar-refractivity contribution in [2.45, 2.75) is 30.2 Å². The van der Waals surface area contributed by atoms with Gasteiger partial charge in [-0.05, 0) is 25.5 Å². The van der Waals surface area contributed by atoms with Crippen LogP contribution in [0, 0.1) is 5.82 Å². The van der Waals surface area contributed by atoms with Crippen LogP contribution < -0.4 is 10.0 Å². The molecule has 134 valence electrons. The molecule has 1 aliphatic heterocycles. The molecule has 0 radical (unpaired) electrons. The molecule has 2 rings (SSSR count). The predicted octanol–water partition coefficient (Wildman–Crippen LogP) is 0.188. The van der Waals surface area contributed by atoms with Crippen molar-refractivity contribution in [3.05, 3.63) is 30.1 Å². The molecule has 1 aromatic carbocycles. The van der Waals surface area contributed by atoms with Gasteiger partial charge in [0.25, 0.3) is 0 Å². The maximum Gasteiger partial charge on any atom is 0.243 e. The Hall–Kier alpha value is -1.52. The number of benzene rings is 1. The Morgan fingerprint density at radius 3 is 2.58 bits per heavy atom. The molecule has 1 aromatic rings. The minimum Gasteiger partial charge on any atom is -0.350 e. The molecule has 0 unspecified atom stereocenters. The van der Waals surface area contributed by atoms with Crippen LogP contribution in [0.15, 0.2) is 29.2 Å². The smallest absolute Gasteiger partial charge is 0.243 e. The topological polar surface area (TPSA) is 109 Å². The van der Waals surface area contributed by atoms with Gasteiger partial charge in [-0.3, -0.25) is 4.79 Å². The zero-order chi connectivity index (χ0) is 18.0. The highest BCUT2D eigenvalue weighted by atomic mass is 32.2. The van der Waals surface area contributed by atoms with E-state index < -0.39 is 42.0 Å². The Balaban J connectivity index is 1.88. The summed E-state index contributed by atoms with van der Waals surface area (Å²) in [6.07, 6.45) is 0.144. The Bertz CT molecular complexity index is 838. The number of amides is 1. The van der Waals surface area contributed by atoms with E-state index >= 15 is 0 Å². The van der Waals surface area contributed by atoms with Crippen molar-refractivity contribution in [1.29, 1.82) is 0 Å². The van der Waals surface area contributed by atoms with Gasteiger partial charge in [0.05, 0.1) is 17.0 Å². The van der Waals surface area contributed by atoms with Crippen LogP contribution in [0.25, 0.3) is 0 Å². The van der Waals surface area contributed by atoms with Gasteiger partial charge in [-0.1, -0.05) is 12.1 Å². The molecule has 1 heterocycles. The normalized spacial score (nSPS) is 23.1. The highest BCUT2D eigenvalue weighted by molar-refractivity contribution is 7.91. The highest BCUT2D eigenvalue weighted by Gasteiger charge is 2.39. The van der Waals surface area contributed by atoms with E-state index in [1.807, 2.05) is 0 Å². The van der Waals surface area contributed by atoms with Crippen LogP contribution in [-0.4, -0.2) is 46.3 Å². The predicted molar refractivity (Wildman–Crippen MR) is 86.0 cm³/mol. The van der Waals surface area contributed by atoms with Gasteiger partial charge in [0, 0.05) is 13.0 Å². The summed E-state index contributed by atoms with van der Waals surface area (Å²) in [5, 5.41) is 2.62. The van der Waals surface area contributed by atoms with Crippen molar-refractivity contribution in [2.75, 3.05) is 18.1 Å². The molecule has 0 spiro atoms. The van der Waals surface area contributed by atoms with E-state index in [0.29, 0.717) is 6.42 Å². The third-order valence-corrected chi connectivity index (χ3v) is 7.11. The van der Waals surface area contributed by atoms with Crippen LogP contribution in [0.3, 0.4) is 0 Å². The van der Waals surface area contributed by atoms with E-state index in [4.69, 9.17) is 0 Å². The van der Waals surface area contributed by atoms with Gasteiger partial charge in [-0.15, -0.1) is 0 Å². The second kappa shape index (κ2) is 6.77. The molecule has 24 heavy (non-hydrogen) atoms. The summed E-state index contributed by atoms with van der Waals surface area (Å²) in [5.74, 6) is -1.46. The molecule has 0 bridgehead atoms. The summed E-state index contributed by atoms with van der Waals surface area (Å²) in [7, 11) is -7.20. The standard InChI is InChI=1S/C14H19FN2O5S2/c1-14(7-9-23(19,20)10-14)17-13(18)6-8-16-24(21,22)12-5-3-2-4-11(12)15/h2-5,16H,6-10H2,1H3,(H,17,18)/t14-/m0/s1. The lowest BCUT2D eigenvalue weighted by Gasteiger charge is -2.23. The molecule has 1 saturated heterocycles. The van der Waals surface area contributed by atoms with Gasteiger partial charge >= 0.3 is 0 Å². The van der Waals surface area contributed by atoms with Gasteiger partial charge in [0.15, 0.2) is 9.84 Å². The van der Waals surface area contributed by atoms with Crippen molar-refractivity contribution in [3.8, 4) is 0 Å². The van der Waals surface area contributed by atoms with Crippen molar-refractivity contribution < 1.29 is 26.0 Å². The first-order valence-electron chi connectivity index (χ1n) is 7.29.